The van der Waals surface area contributed by atoms with Gasteiger partial charge in [0.05, 0.1) is 11.7 Å². The fourth-order valence-corrected chi connectivity index (χ4v) is 2.45. The van der Waals surface area contributed by atoms with E-state index in [1.807, 2.05) is 0 Å². The van der Waals surface area contributed by atoms with Gasteiger partial charge in [-0.3, -0.25) is 0 Å². The molecule has 0 bridgehead atoms. The maximum atomic E-state index is 10.4. The first-order chi connectivity index (χ1) is 8.49. The van der Waals surface area contributed by atoms with Gasteiger partial charge in [-0.15, -0.1) is 0 Å². The van der Waals surface area contributed by atoms with Gasteiger partial charge in [-0.05, 0) is 31.6 Å². The van der Waals surface area contributed by atoms with Crippen molar-refractivity contribution in [3.63, 3.8) is 0 Å². The zero-order valence-electron chi connectivity index (χ0n) is 12.6. The van der Waals surface area contributed by atoms with E-state index in [1.54, 1.807) is 0 Å². The largest absolute Gasteiger partial charge is 0.389 e. The lowest BCUT2D eigenvalue weighted by Crippen LogP contribution is -2.46. The second-order valence-electron chi connectivity index (χ2n) is 6.13. The summed E-state index contributed by atoms with van der Waals surface area (Å²) in [5.41, 5.74) is -0.494. The quantitative estimate of drug-likeness (QED) is 0.761. The van der Waals surface area contributed by atoms with Crippen molar-refractivity contribution in [2.75, 3.05) is 26.2 Å². The Labute approximate surface area is 113 Å². The van der Waals surface area contributed by atoms with Crippen LogP contribution in [0.4, 0.5) is 0 Å². The van der Waals surface area contributed by atoms with Crippen LogP contribution in [0, 0.1) is 5.92 Å². The fraction of sp³-hybridized carbons (Fsp3) is 1.00. The summed E-state index contributed by atoms with van der Waals surface area (Å²) in [6.07, 6.45) is 4.33. The van der Waals surface area contributed by atoms with Gasteiger partial charge in [0.1, 0.15) is 0 Å². The predicted molar refractivity (Wildman–Crippen MR) is 75.8 cm³/mol. The van der Waals surface area contributed by atoms with Crippen LogP contribution < -0.4 is 0 Å². The van der Waals surface area contributed by atoms with Gasteiger partial charge in [0.2, 0.25) is 0 Å². The Morgan fingerprint density at radius 2 is 1.78 bits per heavy atom. The van der Waals surface area contributed by atoms with Crippen LogP contribution in [0.15, 0.2) is 0 Å². The van der Waals surface area contributed by atoms with E-state index in [9.17, 15) is 5.11 Å². The molecule has 0 unspecified atom stereocenters. The van der Waals surface area contributed by atoms with E-state index in [2.05, 4.69) is 32.6 Å². The first-order valence-corrected chi connectivity index (χ1v) is 7.55. The number of hydrogen-bond donors (Lipinski definition) is 1. The van der Waals surface area contributed by atoms with Gasteiger partial charge in [0.15, 0.2) is 0 Å². The molecule has 0 aromatic heterocycles. The Balaban J connectivity index is 2.26. The Hall–Kier alpha value is -0.120. The third kappa shape index (κ3) is 5.25. The van der Waals surface area contributed by atoms with Crippen LogP contribution in [0.25, 0.3) is 0 Å². The molecule has 1 rings (SSSR count). The lowest BCUT2D eigenvalue weighted by Gasteiger charge is -2.37. The lowest BCUT2D eigenvalue weighted by molar-refractivity contribution is -0.0392. The normalized spacial score (nSPS) is 19.7. The summed E-state index contributed by atoms with van der Waals surface area (Å²) in [6.45, 7) is 12.3. The van der Waals surface area contributed by atoms with Crippen LogP contribution in [0.2, 0.25) is 0 Å². The zero-order chi connectivity index (χ0) is 13.6. The minimum Gasteiger partial charge on any atom is -0.389 e. The van der Waals surface area contributed by atoms with Crippen LogP contribution in [-0.2, 0) is 4.74 Å². The van der Waals surface area contributed by atoms with Gasteiger partial charge in [-0.1, -0.05) is 27.7 Å². The highest BCUT2D eigenvalue weighted by Crippen LogP contribution is 2.21. The topological polar surface area (TPSA) is 32.7 Å². The molecule has 0 atom stereocenters. The van der Waals surface area contributed by atoms with E-state index in [0.29, 0.717) is 12.0 Å². The summed E-state index contributed by atoms with van der Waals surface area (Å²) in [7, 11) is 0. The summed E-state index contributed by atoms with van der Waals surface area (Å²) in [5, 5.41) is 10.4. The van der Waals surface area contributed by atoms with Crippen LogP contribution >= 0.6 is 0 Å². The highest BCUT2D eigenvalue weighted by Gasteiger charge is 2.28. The summed E-state index contributed by atoms with van der Waals surface area (Å²) in [5.74, 6) is 0.619. The van der Waals surface area contributed by atoms with Gasteiger partial charge in [0, 0.05) is 26.2 Å². The van der Waals surface area contributed by atoms with E-state index in [1.165, 1.54) is 0 Å². The standard InChI is InChI=1S/C15H31NO2/c1-5-15(17,6-2)12-16-9-7-14(8-10-16)18-11-13(3)4/h13-14,17H,5-12H2,1-4H3. The number of nitrogens with zero attached hydrogens (tertiary/aromatic N) is 1. The average molecular weight is 257 g/mol. The van der Waals surface area contributed by atoms with Gasteiger partial charge >= 0.3 is 0 Å². The molecule has 1 saturated heterocycles. The fourth-order valence-electron chi connectivity index (χ4n) is 2.45. The monoisotopic (exact) mass is 257 g/mol. The molecule has 0 spiro atoms. The molecule has 1 N–H and O–H groups in total. The maximum absolute atomic E-state index is 10.4. The number of rotatable bonds is 7. The second-order valence-corrected chi connectivity index (χ2v) is 6.13. The lowest BCUT2D eigenvalue weighted by atomic mass is 9.95. The number of ether oxygens (including phenoxy) is 1. The van der Waals surface area contributed by atoms with E-state index < -0.39 is 5.60 Å². The van der Waals surface area contributed by atoms with Crippen molar-refractivity contribution in [1.29, 1.82) is 0 Å². The highest BCUT2D eigenvalue weighted by molar-refractivity contribution is 4.82. The van der Waals surface area contributed by atoms with Gasteiger partial charge < -0.3 is 14.7 Å². The minimum absolute atomic E-state index is 0.431. The molecule has 3 nitrogen and oxygen atoms in total. The first kappa shape index (κ1) is 15.9. The van der Waals surface area contributed by atoms with Crippen molar-refractivity contribution >= 4 is 0 Å². The molecule has 18 heavy (non-hydrogen) atoms. The number of β-amino-alcohol motifs (C(OH)–C–C–N with tert-alkyl or cyclic N) is 1. The smallest absolute Gasteiger partial charge is 0.0768 e. The molecule has 0 amide bonds. The molecule has 3 heteroatoms. The van der Waals surface area contributed by atoms with Crippen molar-refractivity contribution in [3.8, 4) is 0 Å². The average Bonchev–Trinajstić information content (AvgIpc) is 2.37. The van der Waals surface area contributed by atoms with Gasteiger partial charge in [0.25, 0.3) is 0 Å². The molecular weight excluding hydrogens is 226 g/mol. The summed E-state index contributed by atoms with van der Waals surface area (Å²) in [6, 6.07) is 0. The van der Waals surface area contributed by atoms with Crippen molar-refractivity contribution in [2.45, 2.75) is 65.1 Å². The van der Waals surface area contributed by atoms with E-state index in [4.69, 9.17) is 4.74 Å². The summed E-state index contributed by atoms with van der Waals surface area (Å²) < 4.78 is 5.89. The van der Waals surface area contributed by atoms with E-state index >= 15 is 0 Å². The minimum atomic E-state index is -0.494. The predicted octanol–water partition coefficient (Wildman–Crippen LogP) is 2.67. The molecule has 0 aromatic carbocycles. The van der Waals surface area contributed by atoms with Crippen molar-refractivity contribution in [2.24, 2.45) is 5.92 Å². The molecule has 108 valence electrons. The summed E-state index contributed by atoms with van der Waals surface area (Å²) in [4.78, 5) is 2.39. The third-order valence-electron chi connectivity index (χ3n) is 4.03. The molecule has 1 aliphatic rings. The molecule has 0 aromatic rings. The van der Waals surface area contributed by atoms with Crippen LogP contribution in [-0.4, -0.2) is 48.0 Å². The first-order valence-electron chi connectivity index (χ1n) is 7.55. The highest BCUT2D eigenvalue weighted by atomic mass is 16.5. The third-order valence-corrected chi connectivity index (χ3v) is 4.03. The van der Waals surface area contributed by atoms with Gasteiger partial charge in [-0.25, -0.2) is 0 Å². The Kier molecular flexibility index (Phi) is 6.61. The van der Waals surface area contributed by atoms with Gasteiger partial charge in [-0.2, -0.15) is 0 Å². The Morgan fingerprint density at radius 1 is 1.22 bits per heavy atom. The molecule has 1 fully saturated rings. The van der Waals surface area contributed by atoms with E-state index in [0.717, 1.165) is 51.9 Å². The Bertz CT molecular complexity index is 219. The molecule has 1 heterocycles. The molecule has 0 saturated carbocycles. The second kappa shape index (κ2) is 7.46. The molecular formula is C15H31NO2. The zero-order valence-corrected chi connectivity index (χ0v) is 12.6. The molecule has 0 radical (unpaired) electrons. The number of likely N-dealkylation sites (tertiary alicyclic amines) is 1. The van der Waals surface area contributed by atoms with Crippen molar-refractivity contribution < 1.29 is 9.84 Å². The van der Waals surface area contributed by atoms with E-state index in [-0.39, 0.29) is 0 Å². The SMILES string of the molecule is CCC(O)(CC)CN1CCC(OCC(C)C)CC1. The van der Waals surface area contributed by atoms with Crippen molar-refractivity contribution in [3.05, 3.63) is 0 Å². The van der Waals surface area contributed by atoms with Crippen LogP contribution in [0.1, 0.15) is 53.4 Å². The maximum Gasteiger partial charge on any atom is 0.0768 e. The molecule has 1 aliphatic heterocycles. The molecule has 0 aliphatic carbocycles. The van der Waals surface area contributed by atoms with Crippen LogP contribution in [0.3, 0.4) is 0 Å². The Morgan fingerprint density at radius 3 is 2.22 bits per heavy atom. The number of piperidine rings is 1. The number of hydrogen-bond acceptors (Lipinski definition) is 3. The summed E-state index contributed by atoms with van der Waals surface area (Å²) >= 11 is 0. The number of aliphatic hydroxyl groups is 1. The van der Waals surface area contributed by atoms with Crippen molar-refractivity contribution in [1.82, 2.24) is 4.90 Å². The van der Waals surface area contributed by atoms with Crippen LogP contribution in [0.5, 0.6) is 0 Å².